The molecule has 2 fully saturated rings. The number of amides is 1. The summed E-state index contributed by atoms with van der Waals surface area (Å²) in [6.45, 7) is 6.23. The SMILES string of the molecule is CCc1nc2ccccc2c(N2CC[C@@H]3OCC(=O)N[C@H]3C2)c1C. The van der Waals surface area contributed by atoms with Gasteiger partial charge in [0.25, 0.3) is 0 Å². The first-order valence-electron chi connectivity index (χ1n) is 8.71. The number of nitrogens with zero attached hydrogens (tertiary/aromatic N) is 2. The van der Waals surface area contributed by atoms with Gasteiger partial charge in [-0.05, 0) is 31.4 Å². The predicted octanol–water partition coefficient (Wildman–Crippen LogP) is 2.20. The van der Waals surface area contributed by atoms with Crippen molar-refractivity contribution in [3.63, 3.8) is 0 Å². The Kier molecular flexibility index (Phi) is 3.88. The lowest BCUT2D eigenvalue weighted by Gasteiger charge is -2.42. The lowest BCUT2D eigenvalue weighted by Crippen LogP contribution is -2.60. The van der Waals surface area contributed by atoms with E-state index in [-0.39, 0.29) is 24.7 Å². The molecule has 1 amide bonds. The normalized spacial score (nSPS) is 23.9. The molecule has 24 heavy (non-hydrogen) atoms. The van der Waals surface area contributed by atoms with Crippen molar-refractivity contribution in [1.29, 1.82) is 0 Å². The Morgan fingerprint density at radius 2 is 2.21 bits per heavy atom. The van der Waals surface area contributed by atoms with Crippen molar-refractivity contribution in [3.8, 4) is 0 Å². The van der Waals surface area contributed by atoms with E-state index in [1.807, 2.05) is 6.07 Å². The molecule has 0 unspecified atom stereocenters. The molecule has 0 aliphatic carbocycles. The Morgan fingerprint density at radius 3 is 3.04 bits per heavy atom. The Balaban J connectivity index is 1.75. The van der Waals surface area contributed by atoms with E-state index >= 15 is 0 Å². The predicted molar refractivity (Wildman–Crippen MR) is 94.4 cm³/mol. The molecule has 5 heteroatoms. The van der Waals surface area contributed by atoms with Gasteiger partial charge >= 0.3 is 0 Å². The molecule has 2 aromatic rings. The van der Waals surface area contributed by atoms with Gasteiger partial charge in [0, 0.05) is 24.2 Å². The van der Waals surface area contributed by atoms with Crippen molar-refractivity contribution in [3.05, 3.63) is 35.5 Å². The Morgan fingerprint density at radius 1 is 1.38 bits per heavy atom. The van der Waals surface area contributed by atoms with Crippen LogP contribution in [0.3, 0.4) is 0 Å². The number of para-hydroxylation sites is 1. The first kappa shape index (κ1) is 15.4. The van der Waals surface area contributed by atoms with Gasteiger partial charge in [-0.15, -0.1) is 0 Å². The summed E-state index contributed by atoms with van der Waals surface area (Å²) in [7, 11) is 0. The first-order chi connectivity index (χ1) is 11.7. The molecule has 0 bridgehead atoms. The van der Waals surface area contributed by atoms with Crippen LogP contribution in [-0.2, 0) is 16.0 Å². The van der Waals surface area contributed by atoms with E-state index in [4.69, 9.17) is 9.72 Å². The second kappa shape index (κ2) is 6.06. The molecule has 2 atom stereocenters. The Bertz CT molecular complexity index is 790. The molecule has 126 valence electrons. The molecule has 1 N–H and O–H groups in total. The van der Waals surface area contributed by atoms with Gasteiger partial charge in [0.05, 0.1) is 23.3 Å². The number of fused-ring (bicyclic) bond motifs is 2. The van der Waals surface area contributed by atoms with Crippen LogP contribution in [-0.4, -0.2) is 42.7 Å². The molecule has 5 nitrogen and oxygen atoms in total. The number of nitrogens with one attached hydrogen (secondary N) is 1. The van der Waals surface area contributed by atoms with Crippen molar-refractivity contribution in [1.82, 2.24) is 10.3 Å². The van der Waals surface area contributed by atoms with Gasteiger partial charge in [0.1, 0.15) is 6.61 Å². The van der Waals surface area contributed by atoms with Gasteiger partial charge in [0.2, 0.25) is 5.91 Å². The third-order valence-corrected chi connectivity index (χ3v) is 5.18. The maximum atomic E-state index is 11.7. The topological polar surface area (TPSA) is 54.5 Å². The molecule has 0 radical (unpaired) electrons. The lowest BCUT2D eigenvalue weighted by atomic mass is 9.97. The summed E-state index contributed by atoms with van der Waals surface area (Å²) in [5, 5.41) is 4.28. The van der Waals surface area contributed by atoms with Gasteiger partial charge in [-0.25, -0.2) is 0 Å². The van der Waals surface area contributed by atoms with E-state index in [0.717, 1.165) is 37.1 Å². The highest BCUT2D eigenvalue weighted by Gasteiger charge is 2.35. The number of ether oxygens (including phenoxy) is 1. The zero-order valence-corrected chi connectivity index (χ0v) is 14.2. The average Bonchev–Trinajstić information content (AvgIpc) is 2.60. The third kappa shape index (κ3) is 2.53. The number of piperidine rings is 1. The number of carbonyl (C=O) groups excluding carboxylic acids is 1. The summed E-state index contributed by atoms with van der Waals surface area (Å²) in [5.41, 5.74) is 4.70. The molecular weight excluding hydrogens is 302 g/mol. The van der Waals surface area contributed by atoms with Gasteiger partial charge in [0.15, 0.2) is 0 Å². The third-order valence-electron chi connectivity index (χ3n) is 5.18. The number of anilines is 1. The highest BCUT2D eigenvalue weighted by atomic mass is 16.5. The smallest absolute Gasteiger partial charge is 0.246 e. The van der Waals surface area contributed by atoms with Crippen LogP contribution < -0.4 is 10.2 Å². The molecule has 1 aromatic carbocycles. The maximum absolute atomic E-state index is 11.7. The molecule has 2 aliphatic heterocycles. The molecule has 1 aromatic heterocycles. The van der Waals surface area contributed by atoms with Crippen LogP contribution in [0.15, 0.2) is 24.3 Å². The summed E-state index contributed by atoms with van der Waals surface area (Å²) in [6, 6.07) is 8.39. The monoisotopic (exact) mass is 325 g/mol. The van der Waals surface area contributed by atoms with Crippen LogP contribution in [0.5, 0.6) is 0 Å². The summed E-state index contributed by atoms with van der Waals surface area (Å²) in [5.74, 6) is -0.0105. The number of carbonyl (C=O) groups is 1. The van der Waals surface area contributed by atoms with E-state index in [2.05, 4.69) is 42.3 Å². The molecule has 2 saturated heterocycles. The van der Waals surface area contributed by atoms with Crippen LogP contribution in [0.1, 0.15) is 24.6 Å². The fraction of sp³-hybridized carbons (Fsp3) is 0.474. The van der Waals surface area contributed by atoms with Crippen LogP contribution in [0.4, 0.5) is 5.69 Å². The highest BCUT2D eigenvalue weighted by molar-refractivity contribution is 5.94. The number of morpholine rings is 1. The minimum Gasteiger partial charge on any atom is -0.368 e. The minimum absolute atomic E-state index is 0.0105. The summed E-state index contributed by atoms with van der Waals surface area (Å²) in [4.78, 5) is 18.9. The second-order valence-electron chi connectivity index (χ2n) is 6.66. The van der Waals surface area contributed by atoms with Gasteiger partial charge < -0.3 is 15.0 Å². The van der Waals surface area contributed by atoms with E-state index in [9.17, 15) is 4.79 Å². The number of hydrogen-bond acceptors (Lipinski definition) is 4. The minimum atomic E-state index is -0.0105. The van der Waals surface area contributed by atoms with Crippen LogP contribution in [0, 0.1) is 6.92 Å². The zero-order valence-electron chi connectivity index (χ0n) is 14.2. The molecule has 0 spiro atoms. The van der Waals surface area contributed by atoms with Crippen LogP contribution in [0.2, 0.25) is 0 Å². The van der Waals surface area contributed by atoms with E-state index in [0.29, 0.717) is 0 Å². The second-order valence-corrected chi connectivity index (χ2v) is 6.66. The van der Waals surface area contributed by atoms with Crippen molar-refractivity contribution in [2.75, 3.05) is 24.6 Å². The van der Waals surface area contributed by atoms with Gasteiger partial charge in [-0.3, -0.25) is 9.78 Å². The summed E-state index contributed by atoms with van der Waals surface area (Å²) < 4.78 is 5.69. The molecule has 3 heterocycles. The standard InChI is InChI=1S/C19H23N3O2/c1-3-14-12(2)19(13-6-4-5-7-15(13)20-14)22-9-8-17-16(10-22)21-18(23)11-24-17/h4-7,16-17H,3,8-11H2,1-2H3,(H,21,23)/t16-,17-/m0/s1. The summed E-state index contributed by atoms with van der Waals surface area (Å²) >= 11 is 0. The van der Waals surface area contributed by atoms with E-state index in [1.54, 1.807) is 0 Å². The lowest BCUT2D eigenvalue weighted by molar-refractivity contribution is -0.137. The number of aryl methyl sites for hydroxylation is 1. The molecule has 0 saturated carbocycles. The van der Waals surface area contributed by atoms with E-state index < -0.39 is 0 Å². The Labute approximate surface area is 142 Å². The van der Waals surface area contributed by atoms with Gasteiger partial charge in [-0.1, -0.05) is 25.1 Å². The zero-order chi connectivity index (χ0) is 16.7. The van der Waals surface area contributed by atoms with E-state index in [1.165, 1.54) is 16.6 Å². The highest BCUT2D eigenvalue weighted by Crippen LogP contribution is 2.34. The quantitative estimate of drug-likeness (QED) is 0.920. The van der Waals surface area contributed by atoms with Gasteiger partial charge in [-0.2, -0.15) is 0 Å². The first-order valence-corrected chi connectivity index (χ1v) is 8.71. The fourth-order valence-electron chi connectivity index (χ4n) is 3.99. The fourth-order valence-corrected chi connectivity index (χ4v) is 3.99. The maximum Gasteiger partial charge on any atom is 0.246 e. The van der Waals surface area contributed by atoms with Crippen molar-refractivity contribution in [2.45, 2.75) is 38.8 Å². The number of aromatic nitrogens is 1. The number of pyridine rings is 1. The largest absolute Gasteiger partial charge is 0.368 e. The van der Waals surface area contributed by atoms with Crippen molar-refractivity contribution in [2.24, 2.45) is 0 Å². The average molecular weight is 325 g/mol. The number of benzene rings is 1. The van der Waals surface area contributed by atoms with Crippen molar-refractivity contribution >= 4 is 22.5 Å². The number of rotatable bonds is 2. The molecular formula is C19H23N3O2. The molecule has 4 rings (SSSR count). The van der Waals surface area contributed by atoms with Crippen LogP contribution >= 0.6 is 0 Å². The summed E-state index contributed by atoms with van der Waals surface area (Å²) in [6.07, 6.45) is 1.99. The number of hydrogen-bond donors (Lipinski definition) is 1. The Hall–Kier alpha value is -2.14. The molecule has 2 aliphatic rings. The van der Waals surface area contributed by atoms with Crippen molar-refractivity contribution < 1.29 is 9.53 Å². The van der Waals surface area contributed by atoms with Crippen LogP contribution in [0.25, 0.3) is 10.9 Å².